The summed E-state index contributed by atoms with van der Waals surface area (Å²) < 4.78 is 41.9. The van der Waals surface area contributed by atoms with Crippen LogP contribution in [0.15, 0.2) is 48.7 Å². The standard InChI is InChI=1S/C41H56FN5O6S/c1-46(2)41(51)35-29-32(42)25-24-31(35)30-44-40(50)38-33(37-34(22-20-26-43-37)39(45-38)47-27-18-19-28-54(47,52)53)21-16-14-12-10-8-6-4-3-5-7-9-11-13-15-17-23-36(48)49/h3,5,20,22,24-26,29H,4,6-19,21,23,27-28,30H2,1-2H3,(H,44,50)(H,48,49)/b5-3-. The number of rotatable bonds is 22. The minimum absolute atomic E-state index is 0.00205. The van der Waals surface area contributed by atoms with Gasteiger partial charge < -0.3 is 15.3 Å². The number of amides is 2. The van der Waals surface area contributed by atoms with Gasteiger partial charge in [0.2, 0.25) is 10.0 Å². The second kappa shape index (κ2) is 21.5. The highest BCUT2D eigenvalue weighted by Gasteiger charge is 2.31. The summed E-state index contributed by atoms with van der Waals surface area (Å²) in [7, 11) is -0.492. The van der Waals surface area contributed by atoms with Crippen molar-refractivity contribution in [2.45, 2.75) is 116 Å². The molecule has 0 bridgehead atoms. The molecule has 2 amide bonds. The molecular formula is C41H56FN5O6S. The molecule has 0 radical (unpaired) electrons. The van der Waals surface area contributed by atoms with Crippen LogP contribution in [0, 0.1) is 5.82 Å². The molecule has 0 saturated carbocycles. The van der Waals surface area contributed by atoms with E-state index in [2.05, 4.69) is 22.5 Å². The van der Waals surface area contributed by atoms with Gasteiger partial charge in [0.1, 0.15) is 11.5 Å². The maximum Gasteiger partial charge on any atom is 0.303 e. The molecule has 0 unspecified atom stereocenters. The Labute approximate surface area is 319 Å². The molecule has 1 aliphatic rings. The molecule has 3 aromatic rings. The van der Waals surface area contributed by atoms with Gasteiger partial charge in [-0.05, 0) is 87.6 Å². The number of halogens is 1. The molecule has 1 aliphatic heterocycles. The molecule has 1 saturated heterocycles. The number of aliphatic carboxylic acids is 1. The number of carbonyl (C=O) groups is 3. The third kappa shape index (κ3) is 12.6. The number of aryl methyl sites for hydroxylation is 1. The van der Waals surface area contributed by atoms with Crippen molar-refractivity contribution in [2.24, 2.45) is 0 Å². The first-order valence-corrected chi connectivity index (χ1v) is 21.0. The van der Waals surface area contributed by atoms with Gasteiger partial charge >= 0.3 is 5.97 Å². The van der Waals surface area contributed by atoms with Gasteiger partial charge in [0.15, 0.2) is 5.82 Å². The molecule has 4 rings (SSSR count). The van der Waals surface area contributed by atoms with E-state index in [-0.39, 0.29) is 42.3 Å². The smallest absolute Gasteiger partial charge is 0.303 e. The number of carbonyl (C=O) groups excluding carboxylic acids is 2. The molecule has 1 aromatic carbocycles. The average Bonchev–Trinajstić information content (AvgIpc) is 3.14. The lowest BCUT2D eigenvalue weighted by molar-refractivity contribution is -0.137. The first-order chi connectivity index (χ1) is 26.0. The van der Waals surface area contributed by atoms with Crippen molar-refractivity contribution >= 4 is 44.5 Å². The van der Waals surface area contributed by atoms with Gasteiger partial charge in [0.05, 0.1) is 11.3 Å². The number of carboxylic acids is 1. The molecule has 294 valence electrons. The first kappa shape index (κ1) is 42.4. The number of aromatic nitrogens is 2. The van der Waals surface area contributed by atoms with Crippen molar-refractivity contribution in [1.29, 1.82) is 0 Å². The maximum absolute atomic E-state index is 14.1. The maximum atomic E-state index is 14.1. The molecule has 0 spiro atoms. The third-order valence-electron chi connectivity index (χ3n) is 9.76. The van der Waals surface area contributed by atoms with E-state index in [0.717, 1.165) is 89.5 Å². The van der Waals surface area contributed by atoms with Crippen molar-refractivity contribution in [3.8, 4) is 0 Å². The molecule has 0 aliphatic carbocycles. The lowest BCUT2D eigenvalue weighted by atomic mass is 9.99. The Kier molecular flexibility index (Phi) is 16.9. The number of nitrogens with zero attached hydrogens (tertiary/aromatic N) is 4. The van der Waals surface area contributed by atoms with Crippen LogP contribution in [-0.4, -0.2) is 72.6 Å². The SMILES string of the molecule is CN(C)C(=O)c1cc(F)ccc1CNC(=O)c1nc(N2CCCCS2(=O)=O)c2cccnc2c1CCCCCCCC/C=C\CCCCCCCC(=O)O. The first-order valence-electron chi connectivity index (χ1n) is 19.4. The lowest BCUT2D eigenvalue weighted by Gasteiger charge is -2.29. The van der Waals surface area contributed by atoms with Gasteiger partial charge in [-0.3, -0.25) is 23.7 Å². The predicted octanol–water partition coefficient (Wildman–Crippen LogP) is 7.98. The molecule has 1 fully saturated rings. The lowest BCUT2D eigenvalue weighted by Crippen LogP contribution is -2.39. The van der Waals surface area contributed by atoms with Crippen molar-refractivity contribution in [3.63, 3.8) is 0 Å². The van der Waals surface area contributed by atoms with E-state index < -0.39 is 33.6 Å². The summed E-state index contributed by atoms with van der Waals surface area (Å²) in [5.74, 6) is -2.00. The highest BCUT2D eigenvalue weighted by molar-refractivity contribution is 7.92. The number of nitrogens with one attached hydrogen (secondary N) is 1. The monoisotopic (exact) mass is 765 g/mol. The molecule has 54 heavy (non-hydrogen) atoms. The van der Waals surface area contributed by atoms with Crippen LogP contribution in [0.3, 0.4) is 0 Å². The number of anilines is 1. The zero-order valence-electron chi connectivity index (χ0n) is 31.8. The van der Waals surface area contributed by atoms with Gasteiger partial charge in [-0.15, -0.1) is 0 Å². The predicted molar refractivity (Wildman–Crippen MR) is 211 cm³/mol. The number of sulfonamides is 1. The Morgan fingerprint density at radius 2 is 1.59 bits per heavy atom. The molecule has 13 heteroatoms. The number of unbranched alkanes of at least 4 members (excludes halogenated alkanes) is 11. The quantitative estimate of drug-likeness (QED) is 0.0773. The second-order valence-electron chi connectivity index (χ2n) is 14.3. The summed E-state index contributed by atoms with van der Waals surface area (Å²) in [6.07, 6.45) is 21.6. The van der Waals surface area contributed by atoms with Crippen LogP contribution in [0.25, 0.3) is 10.9 Å². The second-order valence-corrected chi connectivity index (χ2v) is 16.3. The number of hydrogen-bond donors (Lipinski definition) is 2. The highest BCUT2D eigenvalue weighted by atomic mass is 32.2. The van der Waals surface area contributed by atoms with Crippen molar-refractivity contribution in [3.05, 3.63) is 76.9 Å². The number of carboxylic acid groups (broad SMARTS) is 1. The van der Waals surface area contributed by atoms with Crippen molar-refractivity contribution < 1.29 is 32.3 Å². The van der Waals surface area contributed by atoms with E-state index in [0.29, 0.717) is 41.3 Å². The summed E-state index contributed by atoms with van der Waals surface area (Å²) in [5, 5.41) is 12.2. The summed E-state index contributed by atoms with van der Waals surface area (Å²) in [4.78, 5) is 48.1. The largest absolute Gasteiger partial charge is 0.481 e. The summed E-state index contributed by atoms with van der Waals surface area (Å²) in [6, 6.07) is 7.42. The zero-order valence-corrected chi connectivity index (χ0v) is 32.6. The highest BCUT2D eigenvalue weighted by Crippen LogP contribution is 2.33. The number of benzene rings is 1. The van der Waals surface area contributed by atoms with E-state index in [9.17, 15) is 27.2 Å². The summed E-state index contributed by atoms with van der Waals surface area (Å²) in [6.45, 7) is 0.205. The fraction of sp³-hybridized carbons (Fsp3) is 0.537. The Hall–Kier alpha value is -4.39. The summed E-state index contributed by atoms with van der Waals surface area (Å²) >= 11 is 0. The Bertz CT molecular complexity index is 1870. The van der Waals surface area contributed by atoms with Gasteiger partial charge in [-0.2, -0.15) is 0 Å². The Morgan fingerprint density at radius 3 is 2.26 bits per heavy atom. The van der Waals surface area contributed by atoms with Crippen LogP contribution in [0.1, 0.15) is 135 Å². The van der Waals surface area contributed by atoms with Crippen LogP contribution in [0.2, 0.25) is 0 Å². The fourth-order valence-electron chi connectivity index (χ4n) is 6.79. The summed E-state index contributed by atoms with van der Waals surface area (Å²) in [5.41, 5.74) is 1.88. The third-order valence-corrected chi connectivity index (χ3v) is 11.6. The molecule has 2 N–H and O–H groups in total. The van der Waals surface area contributed by atoms with Crippen LogP contribution in [0.5, 0.6) is 0 Å². The van der Waals surface area contributed by atoms with E-state index in [1.165, 1.54) is 21.3 Å². The molecular weight excluding hydrogens is 710 g/mol. The topological polar surface area (TPSA) is 150 Å². The van der Waals surface area contributed by atoms with Crippen LogP contribution in [0.4, 0.5) is 10.2 Å². The number of allylic oxidation sites excluding steroid dienone is 2. The van der Waals surface area contributed by atoms with Crippen molar-refractivity contribution in [1.82, 2.24) is 20.2 Å². The van der Waals surface area contributed by atoms with E-state index in [1.807, 2.05) is 0 Å². The van der Waals surface area contributed by atoms with Gasteiger partial charge in [0.25, 0.3) is 11.8 Å². The zero-order chi connectivity index (χ0) is 38.9. The van der Waals surface area contributed by atoms with Gasteiger partial charge in [-0.1, -0.05) is 63.2 Å². The fourth-order valence-corrected chi connectivity index (χ4v) is 8.39. The van der Waals surface area contributed by atoms with E-state index in [4.69, 9.17) is 10.1 Å². The molecule has 3 heterocycles. The number of pyridine rings is 2. The van der Waals surface area contributed by atoms with Crippen LogP contribution < -0.4 is 9.62 Å². The van der Waals surface area contributed by atoms with Crippen molar-refractivity contribution in [2.75, 3.05) is 30.7 Å². The van der Waals surface area contributed by atoms with Gasteiger partial charge in [-0.25, -0.2) is 17.8 Å². The number of fused-ring (bicyclic) bond motifs is 1. The van der Waals surface area contributed by atoms with E-state index in [1.54, 1.807) is 32.4 Å². The van der Waals surface area contributed by atoms with Crippen LogP contribution >= 0.6 is 0 Å². The Balaban J connectivity index is 1.38. The van der Waals surface area contributed by atoms with Crippen LogP contribution in [-0.2, 0) is 27.8 Å². The van der Waals surface area contributed by atoms with Gasteiger partial charge in [0, 0.05) is 56.3 Å². The molecule has 2 aromatic heterocycles. The minimum atomic E-state index is -3.64. The van der Waals surface area contributed by atoms with E-state index >= 15 is 0 Å². The minimum Gasteiger partial charge on any atom is -0.481 e. The molecule has 11 nitrogen and oxygen atoms in total. The normalized spacial score (nSPS) is 14.1. The average molecular weight is 766 g/mol. The molecule has 0 atom stereocenters. The Morgan fingerprint density at radius 1 is 0.926 bits per heavy atom. The number of hydrogen-bond acceptors (Lipinski definition) is 7.